The Morgan fingerprint density at radius 2 is 1.02 bits per heavy atom. The van der Waals surface area contributed by atoms with Gasteiger partial charge in [-0.2, -0.15) is 0 Å². The van der Waals surface area contributed by atoms with Crippen molar-refractivity contribution in [2.75, 3.05) is 40.9 Å². The van der Waals surface area contributed by atoms with Gasteiger partial charge in [0.25, 0.3) is 0 Å². The van der Waals surface area contributed by atoms with Crippen LogP contribution in [0, 0.1) is 0 Å². The third kappa shape index (κ3) is 38.7. The third-order valence-corrected chi connectivity index (χ3v) is 10.5. The van der Waals surface area contributed by atoms with Gasteiger partial charge in [-0.15, -0.1) is 0 Å². The summed E-state index contributed by atoms with van der Waals surface area (Å²) in [7, 11) is 1.54. The minimum atomic E-state index is -4.35. The lowest BCUT2D eigenvalue weighted by atomic mass is 10.1. The fourth-order valence-corrected chi connectivity index (χ4v) is 6.68. The second-order valence-corrected chi connectivity index (χ2v) is 17.5. The first-order chi connectivity index (χ1) is 26.0. The van der Waals surface area contributed by atoms with Crippen molar-refractivity contribution in [3.63, 3.8) is 0 Å². The molecule has 0 aromatic heterocycles. The van der Waals surface area contributed by atoms with Crippen LogP contribution in [0.1, 0.15) is 181 Å². The van der Waals surface area contributed by atoms with Crippen LogP contribution in [0.3, 0.4) is 0 Å². The Labute approximate surface area is 333 Å². The number of likely N-dealkylation sites (N-methyl/N-ethyl adjacent to an activating group) is 1. The number of nitrogens with one attached hydrogen (secondary N) is 1. The fraction of sp³-hybridized carbons (Fsp3) is 0.800. The molecule has 0 aromatic carbocycles. The molecule has 0 aliphatic carbocycles. The van der Waals surface area contributed by atoms with Crippen LogP contribution in [0.15, 0.2) is 48.6 Å². The summed E-state index contributed by atoms with van der Waals surface area (Å²) in [6, 6.07) is -0.870. The van der Waals surface area contributed by atoms with Crippen LogP contribution in [-0.2, 0) is 18.4 Å². The van der Waals surface area contributed by atoms with Gasteiger partial charge in [-0.1, -0.05) is 152 Å². The van der Waals surface area contributed by atoms with Gasteiger partial charge >= 0.3 is 7.82 Å². The largest absolute Gasteiger partial charge is 0.472 e. The number of aliphatic hydroxyl groups is 1. The highest BCUT2D eigenvalue weighted by Gasteiger charge is 2.27. The third-order valence-electron chi connectivity index (χ3n) is 9.50. The molecule has 9 heteroatoms. The van der Waals surface area contributed by atoms with Gasteiger partial charge < -0.3 is 19.8 Å². The smallest absolute Gasteiger partial charge is 0.387 e. The van der Waals surface area contributed by atoms with Crippen molar-refractivity contribution < 1.29 is 32.9 Å². The first-order valence-electron chi connectivity index (χ1n) is 22.0. The molecule has 8 nitrogen and oxygen atoms in total. The monoisotopic (exact) mass is 782 g/mol. The van der Waals surface area contributed by atoms with E-state index in [4.69, 9.17) is 9.05 Å². The van der Waals surface area contributed by atoms with E-state index in [1.54, 1.807) is 6.08 Å². The molecule has 3 N–H and O–H groups in total. The number of unbranched alkanes of at least 4 members (excludes halogenated alkanes) is 20. The normalized spacial score (nSPS) is 14.9. The quantitative estimate of drug-likeness (QED) is 0.0248. The lowest BCUT2D eigenvalue weighted by Gasteiger charge is -2.25. The Balaban J connectivity index is 4.49. The fourth-order valence-electron chi connectivity index (χ4n) is 5.95. The Kier molecular flexibility index (Phi) is 36.0. The summed E-state index contributed by atoms with van der Waals surface area (Å²) in [5.74, 6) is -0.198. The van der Waals surface area contributed by atoms with Crippen molar-refractivity contribution in [1.82, 2.24) is 5.32 Å². The van der Waals surface area contributed by atoms with Crippen molar-refractivity contribution >= 4 is 13.7 Å². The number of phosphoric ester groups is 1. The van der Waals surface area contributed by atoms with Gasteiger partial charge in [-0.05, 0) is 70.6 Å². The Hall–Kier alpha value is -1.54. The van der Waals surface area contributed by atoms with Crippen molar-refractivity contribution in [3.8, 4) is 0 Å². The molecule has 0 bridgehead atoms. The van der Waals surface area contributed by atoms with E-state index in [1.165, 1.54) is 116 Å². The highest BCUT2D eigenvalue weighted by atomic mass is 31.2. The molecule has 0 fully saturated rings. The number of hydrogen-bond acceptors (Lipinski definition) is 5. The number of carbonyl (C=O) groups excluding carboxylic acids is 1. The SMILES string of the molecule is CCCCCC/C=C/CC/C=C/CC/C=C/C(O)C(COP(=O)(O)OCC[N+](C)(C)C)NC(=O)CCCCCCCCC/C=C\CCCCCCCCC. The van der Waals surface area contributed by atoms with E-state index >= 15 is 0 Å². The predicted molar refractivity (Wildman–Crippen MR) is 231 cm³/mol. The summed E-state index contributed by atoms with van der Waals surface area (Å²) in [5, 5.41) is 13.8. The number of phosphoric acid groups is 1. The molecule has 0 radical (unpaired) electrons. The number of allylic oxidation sites excluding steroid dienone is 7. The topological polar surface area (TPSA) is 105 Å². The van der Waals surface area contributed by atoms with Crippen LogP contribution in [-0.4, -0.2) is 73.4 Å². The van der Waals surface area contributed by atoms with E-state index in [0.29, 0.717) is 17.4 Å². The van der Waals surface area contributed by atoms with Crippen LogP contribution in [0.2, 0.25) is 0 Å². The number of rotatable bonds is 39. The molecule has 0 aromatic rings. The summed E-state index contributed by atoms with van der Waals surface area (Å²) < 4.78 is 23.5. The highest BCUT2D eigenvalue weighted by molar-refractivity contribution is 7.47. The molecule has 0 aliphatic rings. The first kappa shape index (κ1) is 52.5. The number of nitrogens with zero attached hydrogens (tertiary/aromatic N) is 1. The molecule has 0 aliphatic heterocycles. The second kappa shape index (κ2) is 37.1. The number of carbonyl (C=O) groups is 1. The molecule has 316 valence electrons. The predicted octanol–water partition coefficient (Wildman–Crippen LogP) is 12.1. The number of quaternary nitrogens is 1. The van der Waals surface area contributed by atoms with E-state index in [1.807, 2.05) is 27.2 Å². The van der Waals surface area contributed by atoms with Gasteiger partial charge in [0.1, 0.15) is 13.2 Å². The zero-order valence-corrected chi connectivity index (χ0v) is 36.6. The summed E-state index contributed by atoms with van der Waals surface area (Å²) in [5.41, 5.74) is 0. The molecular weight excluding hydrogens is 695 g/mol. The number of amides is 1. The van der Waals surface area contributed by atoms with Gasteiger partial charge in [0.2, 0.25) is 5.91 Å². The van der Waals surface area contributed by atoms with E-state index in [-0.39, 0.29) is 19.1 Å². The van der Waals surface area contributed by atoms with Crippen LogP contribution in [0.4, 0.5) is 0 Å². The average molecular weight is 782 g/mol. The van der Waals surface area contributed by atoms with E-state index in [0.717, 1.165) is 44.9 Å². The van der Waals surface area contributed by atoms with Gasteiger partial charge in [0.05, 0.1) is 39.9 Å². The average Bonchev–Trinajstić information content (AvgIpc) is 3.12. The molecule has 1 amide bonds. The molecule has 0 saturated carbocycles. The molecule has 0 rings (SSSR count). The second-order valence-electron chi connectivity index (χ2n) is 16.0. The maximum Gasteiger partial charge on any atom is 0.472 e. The molecule has 0 spiro atoms. The minimum absolute atomic E-state index is 0.0516. The van der Waals surface area contributed by atoms with Crippen LogP contribution in [0.5, 0.6) is 0 Å². The Morgan fingerprint density at radius 3 is 1.50 bits per heavy atom. The maximum atomic E-state index is 12.9. The molecule has 0 heterocycles. The van der Waals surface area contributed by atoms with E-state index in [9.17, 15) is 19.4 Å². The zero-order valence-electron chi connectivity index (χ0n) is 35.7. The first-order valence-corrected chi connectivity index (χ1v) is 23.5. The summed E-state index contributed by atoms with van der Waals surface area (Å²) in [4.78, 5) is 23.1. The zero-order chi connectivity index (χ0) is 40.0. The molecule has 3 atom stereocenters. The summed E-state index contributed by atoms with van der Waals surface area (Å²) in [6.07, 6.45) is 46.1. The highest BCUT2D eigenvalue weighted by Crippen LogP contribution is 2.43. The van der Waals surface area contributed by atoms with Gasteiger partial charge in [-0.3, -0.25) is 13.8 Å². The lowest BCUT2D eigenvalue weighted by molar-refractivity contribution is -0.870. The van der Waals surface area contributed by atoms with Crippen LogP contribution >= 0.6 is 7.82 Å². The molecule has 54 heavy (non-hydrogen) atoms. The molecule has 3 unspecified atom stereocenters. The molecule has 0 saturated heterocycles. The van der Waals surface area contributed by atoms with E-state index in [2.05, 4.69) is 55.6 Å². The maximum absolute atomic E-state index is 12.9. The lowest BCUT2D eigenvalue weighted by Crippen LogP contribution is -2.45. The van der Waals surface area contributed by atoms with Crippen LogP contribution < -0.4 is 5.32 Å². The summed E-state index contributed by atoms with van der Waals surface area (Å²) in [6.45, 7) is 4.74. The van der Waals surface area contributed by atoms with Crippen molar-refractivity contribution in [3.05, 3.63) is 48.6 Å². The number of hydrogen-bond donors (Lipinski definition) is 3. The van der Waals surface area contributed by atoms with Gasteiger partial charge in [-0.25, -0.2) is 4.57 Å². The molecular formula is C45H86N2O6P+. The van der Waals surface area contributed by atoms with Gasteiger partial charge in [0, 0.05) is 6.42 Å². The Morgan fingerprint density at radius 1 is 0.611 bits per heavy atom. The van der Waals surface area contributed by atoms with Crippen molar-refractivity contribution in [2.24, 2.45) is 0 Å². The summed E-state index contributed by atoms with van der Waals surface area (Å²) >= 11 is 0. The minimum Gasteiger partial charge on any atom is -0.387 e. The standard InChI is InChI=1S/C45H85N2O6P/c1-6-8-10-12-14-16-18-20-22-23-24-25-27-29-31-33-35-37-39-45(49)46-43(42-53-54(50,51)52-41-40-47(3,4)5)44(48)38-36-34-32-30-28-26-21-19-17-15-13-11-9-7-2/h17,19,22-23,28,30,36,38,43-44,48H,6-16,18,20-21,24-27,29,31-35,37,39-42H2,1-5H3,(H-,46,49,50,51)/p+1/b19-17+,23-22-,30-28+,38-36+. The van der Waals surface area contributed by atoms with Crippen LogP contribution in [0.25, 0.3) is 0 Å². The van der Waals surface area contributed by atoms with Crippen molar-refractivity contribution in [2.45, 2.75) is 193 Å². The Bertz CT molecular complexity index is 1020. The van der Waals surface area contributed by atoms with Crippen molar-refractivity contribution in [1.29, 1.82) is 0 Å². The van der Waals surface area contributed by atoms with Gasteiger partial charge in [0.15, 0.2) is 0 Å². The van der Waals surface area contributed by atoms with E-state index < -0.39 is 20.0 Å². The number of aliphatic hydroxyl groups excluding tert-OH is 1.